The van der Waals surface area contributed by atoms with E-state index in [1.807, 2.05) is 12.1 Å². The molecule has 108 valence electrons. The van der Waals surface area contributed by atoms with Gasteiger partial charge < -0.3 is 15.0 Å². The normalized spacial score (nSPS) is 23.1. The summed E-state index contributed by atoms with van der Waals surface area (Å²) in [6, 6.07) is 5.99. The number of hydrogen-bond acceptors (Lipinski definition) is 3. The molecule has 2 unspecified atom stereocenters. The minimum atomic E-state index is 0.617. The average Bonchev–Trinajstić information content (AvgIpc) is 2.76. The Morgan fingerprint density at radius 3 is 2.90 bits per heavy atom. The van der Waals surface area contributed by atoms with E-state index in [1.165, 1.54) is 25.7 Å². The zero-order valence-electron chi connectivity index (χ0n) is 12.3. The van der Waals surface area contributed by atoms with Crippen LogP contribution in [0, 0.1) is 11.8 Å². The Kier molecular flexibility index (Phi) is 3.55. The summed E-state index contributed by atoms with van der Waals surface area (Å²) in [5, 5.41) is 0. The number of imidazole rings is 1. The van der Waals surface area contributed by atoms with Crippen molar-refractivity contribution < 1.29 is 4.74 Å². The van der Waals surface area contributed by atoms with Gasteiger partial charge >= 0.3 is 0 Å². The largest absolute Gasteiger partial charge is 0.497 e. The molecule has 20 heavy (non-hydrogen) atoms. The minimum Gasteiger partial charge on any atom is -0.497 e. The van der Waals surface area contributed by atoms with Gasteiger partial charge in [-0.3, -0.25) is 0 Å². The fourth-order valence-electron chi connectivity index (χ4n) is 3.35. The molecular weight excluding hydrogens is 250 g/mol. The van der Waals surface area contributed by atoms with Crippen LogP contribution in [0.2, 0.25) is 0 Å². The minimum absolute atomic E-state index is 0.617. The molecule has 0 spiro atoms. The molecule has 2 N–H and O–H groups in total. The molecule has 2 aromatic rings. The van der Waals surface area contributed by atoms with E-state index in [0.29, 0.717) is 11.9 Å². The lowest BCUT2D eigenvalue weighted by atomic mass is 9.80. The first-order chi connectivity index (χ1) is 9.69. The highest BCUT2D eigenvalue weighted by molar-refractivity contribution is 5.79. The van der Waals surface area contributed by atoms with Crippen molar-refractivity contribution in [2.75, 3.05) is 12.8 Å². The Morgan fingerprint density at radius 2 is 2.15 bits per heavy atom. The van der Waals surface area contributed by atoms with Crippen LogP contribution < -0.4 is 10.5 Å². The number of hydrogen-bond donors (Lipinski definition) is 1. The zero-order valence-corrected chi connectivity index (χ0v) is 12.3. The number of nitrogens with two attached hydrogens (primary N) is 1. The maximum absolute atomic E-state index is 6.12. The van der Waals surface area contributed by atoms with Gasteiger partial charge in [0.15, 0.2) is 0 Å². The maximum Gasteiger partial charge on any atom is 0.201 e. The molecule has 1 aliphatic carbocycles. The molecule has 3 rings (SSSR count). The van der Waals surface area contributed by atoms with Crippen LogP contribution in [0.4, 0.5) is 5.95 Å². The van der Waals surface area contributed by atoms with Crippen LogP contribution >= 0.6 is 0 Å². The van der Waals surface area contributed by atoms with Gasteiger partial charge in [0, 0.05) is 12.6 Å². The molecule has 2 atom stereocenters. The highest BCUT2D eigenvalue weighted by Crippen LogP contribution is 2.33. The van der Waals surface area contributed by atoms with Gasteiger partial charge in [-0.05, 0) is 30.4 Å². The van der Waals surface area contributed by atoms with Gasteiger partial charge in [-0.15, -0.1) is 0 Å². The van der Waals surface area contributed by atoms with Crippen molar-refractivity contribution in [1.82, 2.24) is 9.55 Å². The van der Waals surface area contributed by atoms with Gasteiger partial charge in [0.25, 0.3) is 0 Å². The molecular formula is C16H23N3O. The van der Waals surface area contributed by atoms with E-state index < -0.39 is 0 Å². The van der Waals surface area contributed by atoms with Crippen molar-refractivity contribution in [3.05, 3.63) is 18.2 Å². The molecule has 1 saturated carbocycles. The molecule has 1 aliphatic rings. The van der Waals surface area contributed by atoms with Gasteiger partial charge in [-0.2, -0.15) is 0 Å². The fourth-order valence-corrected chi connectivity index (χ4v) is 3.35. The second-order valence-electron chi connectivity index (χ2n) is 5.96. The third-order valence-corrected chi connectivity index (χ3v) is 4.69. The lowest BCUT2D eigenvalue weighted by molar-refractivity contribution is 0.231. The van der Waals surface area contributed by atoms with Gasteiger partial charge in [0.05, 0.1) is 18.1 Å². The third kappa shape index (κ3) is 2.35. The number of aromatic nitrogens is 2. The topological polar surface area (TPSA) is 53.1 Å². The van der Waals surface area contributed by atoms with E-state index in [4.69, 9.17) is 10.5 Å². The first-order valence-electron chi connectivity index (χ1n) is 7.49. The number of fused-ring (bicyclic) bond motifs is 1. The summed E-state index contributed by atoms with van der Waals surface area (Å²) in [5.41, 5.74) is 8.15. The molecule has 0 bridgehead atoms. The Balaban J connectivity index is 1.92. The van der Waals surface area contributed by atoms with E-state index >= 15 is 0 Å². The molecule has 1 fully saturated rings. The second-order valence-corrected chi connectivity index (χ2v) is 5.96. The molecule has 1 aromatic heterocycles. The van der Waals surface area contributed by atoms with E-state index in [2.05, 4.69) is 22.5 Å². The number of ether oxygens (including phenoxy) is 1. The first kappa shape index (κ1) is 13.3. The molecule has 4 nitrogen and oxygen atoms in total. The van der Waals surface area contributed by atoms with Gasteiger partial charge in [-0.25, -0.2) is 4.98 Å². The summed E-state index contributed by atoms with van der Waals surface area (Å²) in [4.78, 5) is 4.47. The quantitative estimate of drug-likeness (QED) is 0.931. The third-order valence-electron chi connectivity index (χ3n) is 4.69. The number of benzene rings is 1. The summed E-state index contributed by atoms with van der Waals surface area (Å²) in [5.74, 6) is 2.93. The second kappa shape index (κ2) is 5.35. The lowest BCUT2D eigenvalue weighted by Gasteiger charge is -2.29. The van der Waals surface area contributed by atoms with Crippen molar-refractivity contribution in [3.63, 3.8) is 0 Å². The van der Waals surface area contributed by atoms with Crippen molar-refractivity contribution in [3.8, 4) is 5.75 Å². The zero-order chi connectivity index (χ0) is 14.1. The first-order valence-corrected chi connectivity index (χ1v) is 7.49. The monoisotopic (exact) mass is 273 g/mol. The lowest BCUT2D eigenvalue weighted by Crippen LogP contribution is -2.22. The van der Waals surface area contributed by atoms with Crippen molar-refractivity contribution in [1.29, 1.82) is 0 Å². The molecule has 1 heterocycles. The van der Waals surface area contributed by atoms with Crippen LogP contribution in [0.1, 0.15) is 32.6 Å². The number of anilines is 1. The molecule has 0 amide bonds. The number of nitrogens with zero attached hydrogens (tertiary/aromatic N) is 2. The Morgan fingerprint density at radius 1 is 1.35 bits per heavy atom. The molecule has 0 saturated heterocycles. The van der Waals surface area contributed by atoms with Crippen molar-refractivity contribution >= 4 is 17.0 Å². The Hall–Kier alpha value is -1.71. The summed E-state index contributed by atoms with van der Waals surface area (Å²) < 4.78 is 7.42. The van der Waals surface area contributed by atoms with E-state index in [0.717, 1.165) is 29.2 Å². The predicted molar refractivity (Wildman–Crippen MR) is 81.8 cm³/mol. The SMILES string of the molecule is COc1ccc2c(c1)nc(N)n2CC1CCCCC1C. The van der Waals surface area contributed by atoms with Crippen LogP contribution in [0.15, 0.2) is 18.2 Å². The van der Waals surface area contributed by atoms with E-state index in [-0.39, 0.29) is 0 Å². The van der Waals surface area contributed by atoms with E-state index in [9.17, 15) is 0 Å². The predicted octanol–water partition coefficient (Wildman–Crippen LogP) is 3.45. The number of nitrogen functional groups attached to an aromatic ring is 1. The molecule has 4 heteroatoms. The van der Waals surface area contributed by atoms with Gasteiger partial charge in [0.1, 0.15) is 5.75 Å². The molecule has 1 aromatic carbocycles. The Bertz CT molecular complexity index is 605. The summed E-state index contributed by atoms with van der Waals surface area (Å²) in [7, 11) is 1.67. The molecule has 0 aliphatic heterocycles. The van der Waals surface area contributed by atoms with Crippen LogP contribution in [0.3, 0.4) is 0 Å². The maximum atomic E-state index is 6.12. The smallest absolute Gasteiger partial charge is 0.201 e. The highest BCUT2D eigenvalue weighted by Gasteiger charge is 2.23. The van der Waals surface area contributed by atoms with Crippen LogP contribution in [0.25, 0.3) is 11.0 Å². The van der Waals surface area contributed by atoms with Gasteiger partial charge in [0.2, 0.25) is 5.95 Å². The summed E-state index contributed by atoms with van der Waals surface area (Å²) >= 11 is 0. The van der Waals surface area contributed by atoms with Crippen LogP contribution in [-0.2, 0) is 6.54 Å². The summed E-state index contributed by atoms with van der Waals surface area (Å²) in [6.07, 6.45) is 5.35. The highest BCUT2D eigenvalue weighted by atomic mass is 16.5. The van der Waals surface area contributed by atoms with Crippen molar-refractivity contribution in [2.45, 2.75) is 39.2 Å². The Labute approximate surface area is 119 Å². The van der Waals surface area contributed by atoms with E-state index in [1.54, 1.807) is 7.11 Å². The van der Waals surface area contributed by atoms with Crippen LogP contribution in [-0.4, -0.2) is 16.7 Å². The van der Waals surface area contributed by atoms with Crippen molar-refractivity contribution in [2.24, 2.45) is 11.8 Å². The van der Waals surface area contributed by atoms with Gasteiger partial charge in [-0.1, -0.05) is 26.2 Å². The standard InChI is InChI=1S/C16H23N3O/c1-11-5-3-4-6-12(11)10-19-15-8-7-13(20-2)9-14(15)18-16(19)17/h7-9,11-12H,3-6,10H2,1-2H3,(H2,17,18). The van der Waals surface area contributed by atoms with Crippen LogP contribution in [0.5, 0.6) is 5.75 Å². The number of rotatable bonds is 3. The summed E-state index contributed by atoms with van der Waals surface area (Å²) in [6.45, 7) is 3.35. The number of methoxy groups -OCH3 is 1. The average molecular weight is 273 g/mol. The molecule has 0 radical (unpaired) electrons. The fraction of sp³-hybridized carbons (Fsp3) is 0.562.